The minimum Gasteiger partial charge on any atom is -0.423 e. The largest absolute Gasteiger partial charge is 0.423 e. The summed E-state index contributed by atoms with van der Waals surface area (Å²) in [4.78, 5) is 21.7. The van der Waals surface area contributed by atoms with E-state index >= 15 is 0 Å². The van der Waals surface area contributed by atoms with E-state index in [1.165, 1.54) is 0 Å². The van der Waals surface area contributed by atoms with Gasteiger partial charge in [0.15, 0.2) is 0 Å². The summed E-state index contributed by atoms with van der Waals surface area (Å²) in [7, 11) is 0. The highest BCUT2D eigenvalue weighted by molar-refractivity contribution is 5.89. The highest BCUT2D eigenvalue weighted by Crippen LogP contribution is 2.15. The third-order valence-electron chi connectivity index (χ3n) is 2.40. The molecule has 0 heterocycles. The maximum absolute atomic E-state index is 11.4. The van der Waals surface area contributed by atoms with Crippen molar-refractivity contribution >= 4 is 12.3 Å². The number of hydrogen-bond donors (Lipinski definition) is 0. The zero-order valence-corrected chi connectivity index (χ0v) is 9.94. The Morgan fingerprint density at radius 1 is 1.35 bits per heavy atom. The van der Waals surface area contributed by atoms with E-state index in [-0.39, 0.29) is 0 Å². The van der Waals surface area contributed by atoms with Crippen molar-refractivity contribution in [3.63, 3.8) is 0 Å². The van der Waals surface area contributed by atoms with E-state index in [0.29, 0.717) is 30.6 Å². The number of carbonyl (C=O) groups is 2. The molecular weight excluding hydrogens is 216 g/mol. The van der Waals surface area contributed by atoms with Crippen molar-refractivity contribution in [1.29, 1.82) is 0 Å². The Labute approximate surface area is 101 Å². The summed E-state index contributed by atoms with van der Waals surface area (Å²) in [5.41, 5.74) is 1.50. The third kappa shape index (κ3) is 4.23. The van der Waals surface area contributed by atoms with Crippen molar-refractivity contribution in [1.82, 2.24) is 0 Å². The first kappa shape index (κ1) is 13.2. The summed E-state index contributed by atoms with van der Waals surface area (Å²) in [5, 5.41) is 0. The normalized spacial score (nSPS) is 9.71. The van der Waals surface area contributed by atoms with Gasteiger partial charge in [-0.25, -0.2) is 4.79 Å². The predicted octanol–water partition coefficient (Wildman–Crippen LogP) is 2.69. The zero-order chi connectivity index (χ0) is 12.7. The van der Waals surface area contributed by atoms with Crippen LogP contribution in [-0.2, 0) is 16.0 Å². The first-order valence-electron chi connectivity index (χ1n) is 5.60. The van der Waals surface area contributed by atoms with Crippen LogP contribution in [0.3, 0.4) is 0 Å². The van der Waals surface area contributed by atoms with Crippen LogP contribution in [0.4, 0.5) is 0 Å². The summed E-state index contributed by atoms with van der Waals surface area (Å²) < 4.78 is 5.12. The Hall–Kier alpha value is -1.90. The molecule has 1 aromatic rings. The number of aryl methyl sites for hydroxylation is 1. The van der Waals surface area contributed by atoms with Gasteiger partial charge in [-0.05, 0) is 30.5 Å². The van der Waals surface area contributed by atoms with Crippen molar-refractivity contribution in [2.24, 2.45) is 0 Å². The first-order chi connectivity index (χ1) is 8.17. The lowest BCUT2D eigenvalue weighted by Gasteiger charge is -2.05. The van der Waals surface area contributed by atoms with Gasteiger partial charge in [-0.1, -0.05) is 25.6 Å². The Bertz CT molecular complexity index is 404. The molecule has 90 valence electrons. The van der Waals surface area contributed by atoms with Crippen molar-refractivity contribution in [2.45, 2.75) is 26.2 Å². The molecule has 0 aliphatic heterocycles. The number of rotatable bonds is 6. The van der Waals surface area contributed by atoms with Crippen LogP contribution in [0.25, 0.3) is 0 Å². The molecule has 0 aromatic heterocycles. The summed E-state index contributed by atoms with van der Waals surface area (Å²) in [6.45, 7) is 5.47. The molecule has 17 heavy (non-hydrogen) atoms. The van der Waals surface area contributed by atoms with E-state index in [2.05, 4.69) is 6.58 Å². The fourth-order valence-electron chi connectivity index (χ4n) is 1.27. The maximum Gasteiger partial charge on any atom is 0.338 e. The van der Waals surface area contributed by atoms with Crippen LogP contribution in [0.5, 0.6) is 5.75 Å². The van der Waals surface area contributed by atoms with E-state index in [1.807, 2.05) is 19.1 Å². The minimum absolute atomic E-state index is 0.395. The molecule has 0 N–H and O–H groups in total. The second-order valence-corrected chi connectivity index (χ2v) is 3.70. The standard InChI is InChI=1S/C14H16O3/c1-3-11(2)14(16)17-13-8-6-12(7-9-13)5-4-10-15/h6-10H,2-5H2,1H3. The molecule has 0 fully saturated rings. The molecule has 1 rings (SSSR count). The topological polar surface area (TPSA) is 43.4 Å². The Morgan fingerprint density at radius 2 is 2.00 bits per heavy atom. The molecule has 3 heteroatoms. The number of ether oxygens (including phenoxy) is 1. The van der Waals surface area contributed by atoms with E-state index in [9.17, 15) is 9.59 Å². The third-order valence-corrected chi connectivity index (χ3v) is 2.40. The Morgan fingerprint density at radius 3 is 2.53 bits per heavy atom. The van der Waals surface area contributed by atoms with Gasteiger partial charge in [0.1, 0.15) is 12.0 Å². The quantitative estimate of drug-likeness (QED) is 0.328. The van der Waals surface area contributed by atoms with Crippen LogP contribution in [-0.4, -0.2) is 12.3 Å². The van der Waals surface area contributed by atoms with Crippen molar-refractivity contribution < 1.29 is 14.3 Å². The van der Waals surface area contributed by atoms with Gasteiger partial charge in [0, 0.05) is 12.0 Å². The van der Waals surface area contributed by atoms with Crippen molar-refractivity contribution in [3.05, 3.63) is 42.0 Å². The van der Waals surface area contributed by atoms with Gasteiger partial charge >= 0.3 is 5.97 Å². The van der Waals surface area contributed by atoms with Crippen molar-refractivity contribution in [2.75, 3.05) is 0 Å². The number of benzene rings is 1. The van der Waals surface area contributed by atoms with Gasteiger partial charge in [-0.3, -0.25) is 0 Å². The second-order valence-electron chi connectivity index (χ2n) is 3.70. The number of carbonyl (C=O) groups excluding carboxylic acids is 2. The van der Waals surface area contributed by atoms with Gasteiger partial charge < -0.3 is 9.53 Å². The number of aldehydes is 1. The molecule has 0 saturated carbocycles. The summed E-state index contributed by atoms with van der Waals surface area (Å²) in [6.07, 6.45) is 2.68. The fourth-order valence-corrected chi connectivity index (χ4v) is 1.27. The van der Waals surface area contributed by atoms with E-state index in [4.69, 9.17) is 4.74 Å². The Balaban J connectivity index is 2.59. The highest BCUT2D eigenvalue weighted by atomic mass is 16.5. The predicted molar refractivity (Wildman–Crippen MR) is 65.9 cm³/mol. The average molecular weight is 232 g/mol. The van der Waals surface area contributed by atoms with Crippen molar-refractivity contribution in [3.8, 4) is 5.75 Å². The molecule has 0 amide bonds. The van der Waals surface area contributed by atoms with Crippen LogP contribution in [0.15, 0.2) is 36.4 Å². The zero-order valence-electron chi connectivity index (χ0n) is 9.94. The van der Waals surface area contributed by atoms with Gasteiger partial charge in [0.2, 0.25) is 0 Å². The van der Waals surface area contributed by atoms with Gasteiger partial charge in [0.05, 0.1) is 0 Å². The van der Waals surface area contributed by atoms with Crippen LogP contribution in [0.1, 0.15) is 25.3 Å². The lowest BCUT2D eigenvalue weighted by atomic mass is 10.1. The Kier molecular flexibility index (Phi) is 5.14. The van der Waals surface area contributed by atoms with Gasteiger partial charge in [-0.15, -0.1) is 0 Å². The monoisotopic (exact) mass is 232 g/mol. The maximum atomic E-state index is 11.4. The van der Waals surface area contributed by atoms with Crippen LogP contribution >= 0.6 is 0 Å². The van der Waals surface area contributed by atoms with Gasteiger partial charge in [0.25, 0.3) is 0 Å². The fraction of sp³-hybridized carbons (Fsp3) is 0.286. The lowest BCUT2D eigenvalue weighted by Crippen LogP contribution is -2.09. The molecule has 0 spiro atoms. The lowest BCUT2D eigenvalue weighted by molar-refractivity contribution is -0.130. The molecular formula is C14H16O3. The molecule has 0 aliphatic carbocycles. The molecule has 0 aliphatic rings. The molecule has 0 atom stereocenters. The minimum atomic E-state index is -0.395. The van der Waals surface area contributed by atoms with E-state index < -0.39 is 5.97 Å². The summed E-state index contributed by atoms with van der Waals surface area (Å²) >= 11 is 0. The summed E-state index contributed by atoms with van der Waals surface area (Å²) in [5.74, 6) is 0.104. The van der Waals surface area contributed by atoms with E-state index in [0.717, 1.165) is 11.8 Å². The molecule has 0 unspecified atom stereocenters. The highest BCUT2D eigenvalue weighted by Gasteiger charge is 2.07. The second kappa shape index (κ2) is 6.63. The van der Waals surface area contributed by atoms with Crippen LogP contribution in [0, 0.1) is 0 Å². The molecule has 1 aromatic carbocycles. The number of hydrogen-bond acceptors (Lipinski definition) is 3. The number of esters is 1. The SMILES string of the molecule is C=C(CC)C(=O)Oc1ccc(CCC=O)cc1. The van der Waals surface area contributed by atoms with Gasteiger partial charge in [-0.2, -0.15) is 0 Å². The smallest absolute Gasteiger partial charge is 0.338 e. The van der Waals surface area contributed by atoms with Crippen LogP contribution in [0.2, 0.25) is 0 Å². The summed E-state index contributed by atoms with van der Waals surface area (Å²) in [6, 6.07) is 7.14. The molecule has 0 radical (unpaired) electrons. The molecule has 0 bridgehead atoms. The molecule has 0 saturated heterocycles. The average Bonchev–Trinajstić information content (AvgIpc) is 2.37. The first-order valence-corrected chi connectivity index (χ1v) is 5.60. The molecule has 3 nitrogen and oxygen atoms in total. The van der Waals surface area contributed by atoms with Crippen LogP contribution < -0.4 is 4.74 Å². The van der Waals surface area contributed by atoms with E-state index in [1.54, 1.807) is 12.1 Å².